The van der Waals surface area contributed by atoms with E-state index in [1.807, 2.05) is 44.4 Å². The van der Waals surface area contributed by atoms with E-state index >= 15 is 0 Å². The van der Waals surface area contributed by atoms with Crippen LogP contribution in [0.5, 0.6) is 5.75 Å². The number of nitrogens with one attached hydrogen (secondary N) is 4. The number of phenolic OH excluding ortho intramolecular Hbond substituents is 1. The quantitative estimate of drug-likeness (QED) is 0.129. The monoisotopic (exact) mass is 611 g/mol. The number of hydrogen-bond acceptors (Lipinski definition) is 7. The van der Waals surface area contributed by atoms with Crippen LogP contribution in [-0.4, -0.2) is 75.1 Å². The number of aromatic amines is 1. The van der Waals surface area contributed by atoms with Crippen LogP contribution in [0.2, 0.25) is 0 Å². The van der Waals surface area contributed by atoms with Gasteiger partial charge in [-0.15, -0.1) is 0 Å². The highest BCUT2D eigenvalue weighted by atomic mass is 32.2. The minimum atomic E-state index is -1.27. The number of carboxylic acids is 1. The van der Waals surface area contributed by atoms with Crippen LogP contribution in [0.1, 0.15) is 37.8 Å². The van der Waals surface area contributed by atoms with E-state index in [9.17, 15) is 29.4 Å². The highest BCUT2D eigenvalue weighted by Crippen LogP contribution is 2.19. The van der Waals surface area contributed by atoms with Gasteiger partial charge in [-0.3, -0.25) is 14.4 Å². The molecular formula is C31H41N5O6S. The largest absolute Gasteiger partial charge is 0.508 e. The van der Waals surface area contributed by atoms with Crippen LogP contribution in [0.15, 0.2) is 54.7 Å². The topological polar surface area (TPSA) is 187 Å². The van der Waals surface area contributed by atoms with Gasteiger partial charge in [-0.2, -0.15) is 11.8 Å². The Bertz CT molecular complexity index is 1390. The number of carbonyl (C=O) groups is 4. The van der Waals surface area contributed by atoms with Gasteiger partial charge in [0.1, 0.15) is 23.9 Å². The fourth-order valence-electron chi connectivity index (χ4n) is 4.70. The van der Waals surface area contributed by atoms with Crippen LogP contribution in [0.25, 0.3) is 10.9 Å². The average Bonchev–Trinajstić information content (AvgIpc) is 3.38. The van der Waals surface area contributed by atoms with Crippen molar-refractivity contribution in [1.29, 1.82) is 0 Å². The highest BCUT2D eigenvalue weighted by molar-refractivity contribution is 7.98. The standard InChI is InChI=1S/C31H41N5O6S/c1-18(2)14-25(34-28(38)23(32)12-13-43-3)29(39)35-26(15-19-8-10-21(37)11-9-19)30(40)36-27(31(41)42)16-20-17-33-24-7-5-4-6-22(20)24/h4-11,17-18,23,25-27,33,37H,12-16,32H2,1-3H3,(H,34,38)(H,35,39)(H,36,40)(H,41,42). The number of rotatable bonds is 16. The molecule has 0 aliphatic carbocycles. The van der Waals surface area contributed by atoms with Crippen LogP contribution in [-0.2, 0) is 32.0 Å². The van der Waals surface area contributed by atoms with E-state index < -0.39 is 47.9 Å². The predicted octanol–water partition coefficient (Wildman–Crippen LogP) is 2.32. The Kier molecular flexibility index (Phi) is 12.4. The number of aromatic hydroxyl groups is 1. The summed E-state index contributed by atoms with van der Waals surface area (Å²) in [6.07, 6.45) is 4.41. The number of nitrogens with two attached hydrogens (primary N) is 1. The Morgan fingerprint density at radius 2 is 1.51 bits per heavy atom. The number of carboxylic acid groups (broad SMARTS) is 1. The maximum atomic E-state index is 13.6. The van der Waals surface area contributed by atoms with Gasteiger partial charge in [-0.05, 0) is 60.1 Å². The van der Waals surface area contributed by atoms with Gasteiger partial charge < -0.3 is 36.9 Å². The fourth-order valence-corrected chi connectivity index (χ4v) is 5.19. The zero-order valence-corrected chi connectivity index (χ0v) is 25.4. The van der Waals surface area contributed by atoms with Crippen LogP contribution < -0.4 is 21.7 Å². The molecule has 12 heteroatoms. The Balaban J connectivity index is 1.82. The van der Waals surface area contributed by atoms with Crippen molar-refractivity contribution in [1.82, 2.24) is 20.9 Å². The summed E-state index contributed by atoms with van der Waals surface area (Å²) in [4.78, 5) is 55.2. The maximum absolute atomic E-state index is 13.6. The molecule has 232 valence electrons. The molecule has 0 saturated heterocycles. The van der Waals surface area contributed by atoms with E-state index in [1.54, 1.807) is 30.1 Å². The molecule has 3 aromatic rings. The summed E-state index contributed by atoms with van der Waals surface area (Å²) < 4.78 is 0. The van der Waals surface area contributed by atoms with Crippen molar-refractivity contribution in [3.63, 3.8) is 0 Å². The lowest BCUT2D eigenvalue weighted by molar-refractivity contribution is -0.142. The van der Waals surface area contributed by atoms with Crippen molar-refractivity contribution in [2.24, 2.45) is 11.7 Å². The molecule has 4 unspecified atom stereocenters. The molecule has 1 aromatic heterocycles. The van der Waals surface area contributed by atoms with Crippen molar-refractivity contribution in [3.05, 3.63) is 65.9 Å². The molecule has 4 atom stereocenters. The number of phenols is 1. The molecule has 0 spiro atoms. The van der Waals surface area contributed by atoms with Crippen molar-refractivity contribution >= 4 is 46.4 Å². The molecule has 0 aliphatic heterocycles. The lowest BCUT2D eigenvalue weighted by Crippen LogP contribution is -2.58. The molecule has 0 bridgehead atoms. The number of aliphatic carboxylic acids is 1. The minimum absolute atomic E-state index is 0.0188. The van der Waals surface area contributed by atoms with Crippen molar-refractivity contribution in [2.45, 2.75) is 63.7 Å². The second-order valence-electron chi connectivity index (χ2n) is 11.0. The number of hydrogen-bond donors (Lipinski definition) is 7. The first kappa shape index (κ1) is 33.5. The molecule has 0 fully saturated rings. The summed E-state index contributed by atoms with van der Waals surface area (Å²) in [7, 11) is 0. The number of benzene rings is 2. The lowest BCUT2D eigenvalue weighted by atomic mass is 10.00. The minimum Gasteiger partial charge on any atom is -0.508 e. The van der Waals surface area contributed by atoms with Gasteiger partial charge in [0, 0.05) is 29.9 Å². The molecule has 0 saturated carbocycles. The van der Waals surface area contributed by atoms with Gasteiger partial charge in [0.25, 0.3) is 0 Å². The van der Waals surface area contributed by atoms with E-state index in [0.29, 0.717) is 24.2 Å². The Morgan fingerprint density at radius 1 is 0.884 bits per heavy atom. The fraction of sp³-hybridized carbons (Fsp3) is 0.419. The summed E-state index contributed by atoms with van der Waals surface area (Å²) in [6, 6.07) is 9.41. The SMILES string of the molecule is CSCCC(N)C(=O)NC(CC(C)C)C(=O)NC(Cc1ccc(O)cc1)C(=O)NC(Cc1c[nH]c2ccccc12)C(=O)O. The van der Waals surface area contributed by atoms with E-state index in [-0.39, 0.29) is 24.5 Å². The lowest BCUT2D eigenvalue weighted by Gasteiger charge is -2.26. The Hall–Kier alpha value is -4.03. The third-order valence-corrected chi connectivity index (χ3v) is 7.68. The summed E-state index contributed by atoms with van der Waals surface area (Å²) in [5.41, 5.74) is 8.22. The van der Waals surface area contributed by atoms with Gasteiger partial charge in [0.15, 0.2) is 0 Å². The molecule has 43 heavy (non-hydrogen) atoms. The summed E-state index contributed by atoms with van der Waals surface area (Å²) in [5, 5.41) is 28.6. The maximum Gasteiger partial charge on any atom is 0.326 e. The Labute approximate surface area is 255 Å². The first-order valence-electron chi connectivity index (χ1n) is 14.2. The van der Waals surface area contributed by atoms with E-state index in [1.165, 1.54) is 12.1 Å². The van der Waals surface area contributed by atoms with Crippen molar-refractivity contribution < 1.29 is 29.4 Å². The van der Waals surface area contributed by atoms with Crippen LogP contribution in [0.3, 0.4) is 0 Å². The van der Waals surface area contributed by atoms with E-state index in [0.717, 1.165) is 16.5 Å². The first-order valence-corrected chi connectivity index (χ1v) is 15.6. The molecular weight excluding hydrogens is 570 g/mol. The third kappa shape index (κ3) is 10.0. The number of para-hydroxylation sites is 1. The van der Waals surface area contributed by atoms with E-state index in [4.69, 9.17) is 5.73 Å². The first-order chi connectivity index (χ1) is 20.5. The molecule has 0 aliphatic rings. The summed E-state index contributed by atoms with van der Waals surface area (Å²) >= 11 is 1.56. The Morgan fingerprint density at radius 3 is 2.16 bits per heavy atom. The van der Waals surface area contributed by atoms with Crippen LogP contribution >= 0.6 is 11.8 Å². The smallest absolute Gasteiger partial charge is 0.326 e. The predicted molar refractivity (Wildman–Crippen MR) is 168 cm³/mol. The van der Waals surface area contributed by atoms with Gasteiger partial charge in [-0.25, -0.2) is 4.79 Å². The van der Waals surface area contributed by atoms with Crippen LogP contribution in [0.4, 0.5) is 0 Å². The molecule has 8 N–H and O–H groups in total. The molecule has 2 aromatic carbocycles. The van der Waals surface area contributed by atoms with Gasteiger partial charge in [0.05, 0.1) is 6.04 Å². The van der Waals surface area contributed by atoms with Gasteiger partial charge in [0.2, 0.25) is 17.7 Å². The third-order valence-electron chi connectivity index (χ3n) is 7.03. The zero-order chi connectivity index (χ0) is 31.5. The highest BCUT2D eigenvalue weighted by Gasteiger charge is 2.31. The number of aromatic nitrogens is 1. The summed E-state index contributed by atoms with van der Waals surface area (Å²) in [6.45, 7) is 3.81. The molecule has 3 amide bonds. The molecule has 11 nitrogen and oxygen atoms in total. The average molecular weight is 612 g/mol. The zero-order valence-electron chi connectivity index (χ0n) is 24.6. The number of H-pyrrole nitrogens is 1. The molecule has 3 rings (SSSR count). The van der Waals surface area contributed by atoms with Crippen molar-refractivity contribution in [3.8, 4) is 5.75 Å². The summed E-state index contributed by atoms with van der Waals surface area (Å²) in [5.74, 6) is -2.20. The van der Waals surface area contributed by atoms with E-state index in [2.05, 4.69) is 20.9 Å². The number of carbonyl (C=O) groups excluding carboxylic acids is 3. The second-order valence-corrected chi connectivity index (χ2v) is 12.0. The van der Waals surface area contributed by atoms with Crippen molar-refractivity contribution in [2.75, 3.05) is 12.0 Å². The van der Waals surface area contributed by atoms with Gasteiger partial charge in [-0.1, -0.05) is 44.2 Å². The molecule has 0 radical (unpaired) electrons. The number of fused-ring (bicyclic) bond motifs is 1. The number of thioether (sulfide) groups is 1. The second kappa shape index (κ2) is 16.0. The number of amides is 3. The van der Waals surface area contributed by atoms with Crippen LogP contribution in [0, 0.1) is 5.92 Å². The normalized spacial score (nSPS) is 14.1. The molecule has 1 heterocycles. The van der Waals surface area contributed by atoms with Gasteiger partial charge >= 0.3 is 5.97 Å².